The first-order chi connectivity index (χ1) is 22.7. The van der Waals surface area contributed by atoms with Crippen LogP contribution in [0, 0.1) is 0 Å². The average Bonchev–Trinajstić information content (AvgIpc) is 3.38. The number of rotatable bonds is 9. The zero-order valence-corrected chi connectivity index (χ0v) is 28.0. The molecule has 238 valence electrons. The van der Waals surface area contributed by atoms with E-state index in [0.717, 1.165) is 16.7 Å². The Morgan fingerprint density at radius 2 is 1.70 bits per heavy atom. The molecular weight excluding hydrogens is 657 g/mol. The molecule has 47 heavy (non-hydrogen) atoms. The van der Waals surface area contributed by atoms with Crippen LogP contribution in [0.3, 0.4) is 0 Å². The summed E-state index contributed by atoms with van der Waals surface area (Å²) in [7, 11) is 3.14. The van der Waals surface area contributed by atoms with Crippen molar-refractivity contribution in [2.24, 2.45) is 4.99 Å². The Balaban J connectivity index is 1.37. The number of benzene rings is 4. The number of thiazole rings is 1. The molecule has 8 nitrogen and oxygen atoms in total. The van der Waals surface area contributed by atoms with Gasteiger partial charge in [0.05, 0.1) is 46.1 Å². The van der Waals surface area contributed by atoms with Crippen molar-refractivity contribution in [3.63, 3.8) is 0 Å². The molecule has 1 aromatic heterocycles. The SMILES string of the molecule is COc1ccc([C@H]2C(C(=O)Nc3ccccc3)=C(C)N=c3s/c(=C/c4ccc(OCc5ccc(Cl)c(Cl)c5)c(OC)c4)c(=O)n32)cc1. The van der Waals surface area contributed by atoms with Crippen molar-refractivity contribution in [1.29, 1.82) is 0 Å². The summed E-state index contributed by atoms with van der Waals surface area (Å²) >= 11 is 13.4. The van der Waals surface area contributed by atoms with E-state index in [1.807, 2.05) is 66.7 Å². The van der Waals surface area contributed by atoms with Gasteiger partial charge in [0.25, 0.3) is 11.5 Å². The van der Waals surface area contributed by atoms with Gasteiger partial charge in [-0.3, -0.25) is 14.2 Å². The van der Waals surface area contributed by atoms with E-state index in [9.17, 15) is 9.59 Å². The second-order valence-corrected chi connectivity index (χ2v) is 12.4. The number of para-hydroxylation sites is 1. The molecule has 2 heterocycles. The van der Waals surface area contributed by atoms with Crippen LogP contribution in [0.15, 0.2) is 112 Å². The van der Waals surface area contributed by atoms with Gasteiger partial charge in [-0.25, -0.2) is 4.99 Å². The first kappa shape index (κ1) is 32.1. The summed E-state index contributed by atoms with van der Waals surface area (Å²) in [5, 5.41) is 3.89. The lowest BCUT2D eigenvalue weighted by molar-refractivity contribution is -0.113. The fraction of sp³-hybridized carbons (Fsp3) is 0.139. The van der Waals surface area contributed by atoms with E-state index in [4.69, 9.17) is 42.4 Å². The van der Waals surface area contributed by atoms with Crippen molar-refractivity contribution in [2.75, 3.05) is 19.5 Å². The fourth-order valence-corrected chi connectivity index (χ4v) is 6.64. The summed E-state index contributed by atoms with van der Waals surface area (Å²) in [4.78, 5) is 33.1. The highest BCUT2D eigenvalue weighted by Crippen LogP contribution is 2.33. The van der Waals surface area contributed by atoms with Gasteiger partial charge in [0, 0.05) is 5.69 Å². The smallest absolute Gasteiger partial charge is 0.271 e. The average molecular weight is 687 g/mol. The van der Waals surface area contributed by atoms with Crippen LogP contribution in [0.2, 0.25) is 10.0 Å². The van der Waals surface area contributed by atoms with E-state index in [1.54, 1.807) is 56.1 Å². The summed E-state index contributed by atoms with van der Waals surface area (Å²) in [5.74, 6) is 1.35. The second-order valence-electron chi connectivity index (χ2n) is 10.6. The Morgan fingerprint density at radius 1 is 0.936 bits per heavy atom. The highest BCUT2D eigenvalue weighted by Gasteiger charge is 2.32. The van der Waals surface area contributed by atoms with E-state index in [-0.39, 0.29) is 18.1 Å². The standard InChI is InChI=1S/C36H29Cl2N3O5S/c1-21-32(34(42)40-25-7-5-4-6-8-25)33(24-11-13-26(44-2)14-12-24)41-35(43)31(47-36(41)39-21)19-22-10-16-29(30(18-22)45-3)46-20-23-9-15-27(37)28(38)17-23/h4-19,33H,20H2,1-3H3,(H,40,42)/b31-19+/t33-/m0/s1. The van der Waals surface area contributed by atoms with Crippen molar-refractivity contribution < 1.29 is 19.0 Å². The lowest BCUT2D eigenvalue weighted by atomic mass is 9.95. The number of carbonyl (C=O) groups is 1. The molecule has 0 saturated heterocycles. The maximum absolute atomic E-state index is 14.1. The third-order valence-electron chi connectivity index (χ3n) is 7.59. The van der Waals surface area contributed by atoms with Crippen LogP contribution in [0.4, 0.5) is 5.69 Å². The summed E-state index contributed by atoms with van der Waals surface area (Å²) in [6, 6.07) is 26.5. The third kappa shape index (κ3) is 6.83. The normalized spacial score (nSPS) is 14.3. The van der Waals surface area contributed by atoms with Crippen molar-refractivity contribution in [1.82, 2.24) is 4.57 Å². The van der Waals surface area contributed by atoms with Gasteiger partial charge in [0.1, 0.15) is 12.4 Å². The highest BCUT2D eigenvalue weighted by molar-refractivity contribution is 7.07. The Kier molecular flexibility index (Phi) is 9.49. The van der Waals surface area contributed by atoms with E-state index >= 15 is 0 Å². The van der Waals surface area contributed by atoms with Crippen molar-refractivity contribution in [3.05, 3.63) is 149 Å². The number of allylic oxidation sites excluding steroid dienone is 1. The molecule has 1 N–H and O–H groups in total. The molecule has 5 aromatic rings. The molecule has 0 aliphatic carbocycles. The number of amides is 1. The fourth-order valence-electron chi connectivity index (χ4n) is 5.27. The predicted molar refractivity (Wildman–Crippen MR) is 186 cm³/mol. The minimum Gasteiger partial charge on any atom is -0.497 e. The molecule has 0 fully saturated rings. The van der Waals surface area contributed by atoms with Crippen LogP contribution in [-0.2, 0) is 11.4 Å². The quantitative estimate of drug-likeness (QED) is 0.185. The van der Waals surface area contributed by atoms with E-state index in [0.29, 0.717) is 53.6 Å². The number of methoxy groups -OCH3 is 2. The molecule has 4 aromatic carbocycles. The number of aromatic nitrogens is 1. The Labute approximate surface area is 284 Å². The summed E-state index contributed by atoms with van der Waals surface area (Å²) in [6.07, 6.45) is 1.78. The van der Waals surface area contributed by atoms with Gasteiger partial charge < -0.3 is 19.5 Å². The second kappa shape index (κ2) is 13.9. The maximum Gasteiger partial charge on any atom is 0.271 e. The zero-order chi connectivity index (χ0) is 33.1. The minimum absolute atomic E-state index is 0.260. The number of carbonyl (C=O) groups excluding carboxylic acids is 1. The van der Waals surface area contributed by atoms with Gasteiger partial charge in [-0.15, -0.1) is 0 Å². The number of hydrogen-bond donors (Lipinski definition) is 1. The minimum atomic E-state index is -0.713. The molecule has 0 radical (unpaired) electrons. The van der Waals surface area contributed by atoms with Crippen LogP contribution >= 0.6 is 34.5 Å². The molecule has 11 heteroatoms. The number of halogens is 2. The zero-order valence-electron chi connectivity index (χ0n) is 25.6. The van der Waals surface area contributed by atoms with Crippen LogP contribution in [0.5, 0.6) is 17.2 Å². The highest BCUT2D eigenvalue weighted by atomic mass is 35.5. The first-order valence-electron chi connectivity index (χ1n) is 14.5. The number of ether oxygens (including phenoxy) is 3. The molecule has 6 rings (SSSR count). The van der Waals surface area contributed by atoms with E-state index in [1.165, 1.54) is 11.3 Å². The predicted octanol–water partition coefficient (Wildman–Crippen LogP) is 6.78. The van der Waals surface area contributed by atoms with Gasteiger partial charge in [0.2, 0.25) is 0 Å². The summed E-state index contributed by atoms with van der Waals surface area (Å²) in [5.41, 5.74) is 3.60. The lowest BCUT2D eigenvalue weighted by Crippen LogP contribution is -2.40. The molecule has 0 unspecified atom stereocenters. The van der Waals surface area contributed by atoms with Crippen LogP contribution < -0.4 is 34.4 Å². The number of nitrogens with one attached hydrogen (secondary N) is 1. The molecule has 1 aliphatic rings. The monoisotopic (exact) mass is 685 g/mol. The number of nitrogens with zero attached hydrogens (tertiary/aromatic N) is 2. The van der Waals surface area contributed by atoms with Gasteiger partial charge in [0.15, 0.2) is 16.3 Å². The maximum atomic E-state index is 14.1. The topological polar surface area (TPSA) is 91.2 Å². The summed E-state index contributed by atoms with van der Waals surface area (Å²) < 4.78 is 19.0. The van der Waals surface area contributed by atoms with Gasteiger partial charge in [-0.05, 0) is 78.2 Å². The molecule has 0 saturated carbocycles. The number of anilines is 1. The van der Waals surface area contributed by atoms with Gasteiger partial charge in [-0.2, -0.15) is 0 Å². The van der Waals surface area contributed by atoms with Crippen molar-refractivity contribution in [3.8, 4) is 17.2 Å². The van der Waals surface area contributed by atoms with Crippen LogP contribution in [0.25, 0.3) is 6.08 Å². The molecule has 0 bridgehead atoms. The van der Waals surface area contributed by atoms with Crippen molar-refractivity contribution >= 4 is 52.2 Å². The Bertz CT molecular complexity index is 2180. The van der Waals surface area contributed by atoms with Crippen LogP contribution in [-0.4, -0.2) is 24.7 Å². The lowest BCUT2D eigenvalue weighted by Gasteiger charge is -2.25. The Hall–Kier alpha value is -4.83. The van der Waals surface area contributed by atoms with E-state index < -0.39 is 6.04 Å². The summed E-state index contributed by atoms with van der Waals surface area (Å²) in [6.45, 7) is 2.05. The van der Waals surface area contributed by atoms with Gasteiger partial charge >= 0.3 is 0 Å². The first-order valence-corrected chi connectivity index (χ1v) is 16.1. The molecule has 1 atom stereocenters. The van der Waals surface area contributed by atoms with E-state index in [2.05, 4.69) is 5.32 Å². The number of hydrogen-bond acceptors (Lipinski definition) is 7. The molecular formula is C36H29Cl2N3O5S. The number of fused-ring (bicyclic) bond motifs is 1. The van der Waals surface area contributed by atoms with Crippen LogP contribution in [0.1, 0.15) is 29.7 Å². The Morgan fingerprint density at radius 3 is 2.40 bits per heavy atom. The van der Waals surface area contributed by atoms with Gasteiger partial charge in [-0.1, -0.05) is 77.0 Å². The largest absolute Gasteiger partial charge is 0.497 e. The van der Waals surface area contributed by atoms with Crippen molar-refractivity contribution in [2.45, 2.75) is 19.6 Å². The molecule has 0 spiro atoms. The third-order valence-corrected chi connectivity index (χ3v) is 9.32. The molecule has 1 amide bonds. The molecule has 1 aliphatic heterocycles.